The molecule has 0 spiro atoms. The number of benzene rings is 2. The Labute approximate surface area is 170 Å². The number of fused-ring (bicyclic) bond motifs is 1. The summed E-state index contributed by atoms with van der Waals surface area (Å²) in [5, 5.41) is 2.75. The van der Waals surface area contributed by atoms with Crippen molar-refractivity contribution in [3.63, 3.8) is 0 Å². The van der Waals surface area contributed by atoms with E-state index in [-0.39, 0.29) is 19.3 Å². The number of anilines is 1. The summed E-state index contributed by atoms with van der Waals surface area (Å²) in [5.41, 5.74) is 0.348. The van der Waals surface area contributed by atoms with Crippen LogP contribution in [0, 0.1) is 0 Å². The summed E-state index contributed by atoms with van der Waals surface area (Å²) < 4.78 is 42.4. The van der Waals surface area contributed by atoms with E-state index >= 15 is 0 Å². The summed E-state index contributed by atoms with van der Waals surface area (Å²) in [6.07, 6.45) is 0.690. The van der Waals surface area contributed by atoms with E-state index in [1.807, 2.05) is 18.2 Å². The highest BCUT2D eigenvalue weighted by Gasteiger charge is 2.30. The number of carbonyl (C=O) groups is 1. The van der Waals surface area contributed by atoms with Gasteiger partial charge in [-0.2, -0.15) is 0 Å². The van der Waals surface area contributed by atoms with Crippen molar-refractivity contribution in [1.82, 2.24) is 5.32 Å². The van der Waals surface area contributed by atoms with Gasteiger partial charge in [-0.3, -0.25) is 9.10 Å². The van der Waals surface area contributed by atoms with Gasteiger partial charge in [0.2, 0.25) is 15.9 Å². The first kappa shape index (κ1) is 20.8. The lowest BCUT2D eigenvalue weighted by Crippen LogP contribution is -2.50. The van der Waals surface area contributed by atoms with Crippen LogP contribution < -0.4 is 23.8 Å². The monoisotopic (exact) mass is 420 g/mol. The van der Waals surface area contributed by atoms with Crippen molar-refractivity contribution in [2.24, 2.45) is 0 Å². The molecule has 9 heteroatoms. The summed E-state index contributed by atoms with van der Waals surface area (Å²) in [6.45, 7) is 2.01. The van der Waals surface area contributed by atoms with Gasteiger partial charge in [-0.15, -0.1) is 0 Å². The predicted octanol–water partition coefficient (Wildman–Crippen LogP) is 1.81. The summed E-state index contributed by atoms with van der Waals surface area (Å²) >= 11 is 0. The second kappa shape index (κ2) is 8.60. The number of ether oxygens (including phenoxy) is 3. The smallest absolute Gasteiger partial charge is 0.243 e. The average molecular weight is 420 g/mol. The molecule has 1 heterocycles. The van der Waals surface area contributed by atoms with E-state index in [1.165, 1.54) is 14.0 Å². The number of sulfonamides is 1. The van der Waals surface area contributed by atoms with Gasteiger partial charge in [0.1, 0.15) is 24.5 Å². The minimum atomic E-state index is -3.71. The van der Waals surface area contributed by atoms with Crippen LogP contribution in [0.4, 0.5) is 5.69 Å². The third kappa shape index (κ3) is 4.92. The predicted molar refractivity (Wildman–Crippen MR) is 109 cm³/mol. The average Bonchev–Trinajstić information content (AvgIpc) is 2.71. The van der Waals surface area contributed by atoms with Crippen molar-refractivity contribution in [3.8, 4) is 17.2 Å². The minimum Gasteiger partial charge on any atom is -0.497 e. The standard InChI is InChI=1S/C20H24N2O6S/c1-14(22(29(3,24)25)15-7-6-8-16(11-15)26-2)20(23)21-12-17-13-27-18-9-4-5-10-19(18)28-17/h4-11,14,17H,12-13H2,1-3H3,(H,21,23)/t14-,17-/m0/s1. The Bertz CT molecular complexity index is 978. The molecule has 0 radical (unpaired) electrons. The van der Waals surface area contributed by atoms with Crippen molar-refractivity contribution in [2.75, 3.05) is 30.8 Å². The first-order valence-electron chi connectivity index (χ1n) is 9.09. The van der Waals surface area contributed by atoms with Crippen molar-refractivity contribution in [3.05, 3.63) is 48.5 Å². The van der Waals surface area contributed by atoms with Gasteiger partial charge in [0, 0.05) is 6.07 Å². The van der Waals surface area contributed by atoms with Crippen molar-refractivity contribution in [1.29, 1.82) is 0 Å². The zero-order valence-corrected chi connectivity index (χ0v) is 17.3. The Kier molecular flexibility index (Phi) is 6.17. The molecule has 1 aliphatic rings. The number of nitrogens with one attached hydrogen (secondary N) is 1. The largest absolute Gasteiger partial charge is 0.497 e. The van der Waals surface area contributed by atoms with Crippen LogP contribution in [0.15, 0.2) is 48.5 Å². The molecule has 0 bridgehead atoms. The zero-order valence-electron chi connectivity index (χ0n) is 16.5. The van der Waals surface area contributed by atoms with Crippen LogP contribution in [-0.4, -0.2) is 53.0 Å². The molecule has 3 rings (SSSR count). The van der Waals surface area contributed by atoms with Crippen LogP contribution in [0.3, 0.4) is 0 Å². The van der Waals surface area contributed by atoms with Gasteiger partial charge < -0.3 is 19.5 Å². The molecule has 2 atom stereocenters. The van der Waals surface area contributed by atoms with E-state index < -0.39 is 22.0 Å². The lowest BCUT2D eigenvalue weighted by molar-refractivity contribution is -0.122. The van der Waals surface area contributed by atoms with E-state index in [2.05, 4.69) is 5.32 Å². The first-order chi connectivity index (χ1) is 13.8. The number of nitrogens with zero attached hydrogens (tertiary/aromatic N) is 1. The van der Waals surface area contributed by atoms with Crippen molar-refractivity contribution >= 4 is 21.6 Å². The number of amides is 1. The van der Waals surface area contributed by atoms with E-state index in [4.69, 9.17) is 14.2 Å². The molecule has 1 aliphatic heterocycles. The molecule has 0 saturated carbocycles. The fraction of sp³-hybridized carbons (Fsp3) is 0.350. The topological polar surface area (TPSA) is 94.2 Å². The maximum atomic E-state index is 12.7. The van der Waals surface area contributed by atoms with Crippen LogP contribution in [0.2, 0.25) is 0 Å². The Balaban J connectivity index is 1.68. The van der Waals surface area contributed by atoms with Crippen molar-refractivity contribution in [2.45, 2.75) is 19.1 Å². The van der Waals surface area contributed by atoms with E-state index in [0.717, 1.165) is 10.6 Å². The quantitative estimate of drug-likeness (QED) is 0.734. The first-order valence-corrected chi connectivity index (χ1v) is 10.9. The molecule has 2 aromatic carbocycles. The lowest BCUT2D eigenvalue weighted by Gasteiger charge is -2.30. The SMILES string of the molecule is COc1cccc(N([C@@H](C)C(=O)NC[C@H]2COc3ccccc3O2)S(C)(=O)=O)c1. The van der Waals surface area contributed by atoms with Gasteiger partial charge in [0.15, 0.2) is 11.5 Å². The second-order valence-electron chi connectivity index (χ2n) is 6.68. The number of hydrogen-bond acceptors (Lipinski definition) is 6. The van der Waals surface area contributed by atoms with Gasteiger partial charge in [0.05, 0.1) is 25.6 Å². The van der Waals surface area contributed by atoms with E-state index in [1.54, 1.807) is 30.3 Å². The number of methoxy groups -OCH3 is 1. The summed E-state index contributed by atoms with van der Waals surface area (Å²) in [6, 6.07) is 12.9. The molecule has 156 valence electrons. The third-order valence-electron chi connectivity index (χ3n) is 4.47. The van der Waals surface area contributed by atoms with Gasteiger partial charge in [-0.25, -0.2) is 8.42 Å². The molecule has 8 nitrogen and oxygen atoms in total. The van der Waals surface area contributed by atoms with Crippen LogP contribution in [0.5, 0.6) is 17.2 Å². The molecule has 0 unspecified atom stereocenters. The van der Waals surface area contributed by atoms with Crippen LogP contribution in [-0.2, 0) is 14.8 Å². The fourth-order valence-corrected chi connectivity index (χ4v) is 4.25. The van der Waals surface area contributed by atoms with Gasteiger partial charge in [-0.1, -0.05) is 18.2 Å². The van der Waals surface area contributed by atoms with Crippen LogP contribution >= 0.6 is 0 Å². The molecular formula is C20H24N2O6S. The minimum absolute atomic E-state index is 0.188. The van der Waals surface area contributed by atoms with Gasteiger partial charge >= 0.3 is 0 Å². The molecule has 2 aromatic rings. The molecule has 1 amide bonds. The van der Waals surface area contributed by atoms with E-state index in [0.29, 0.717) is 22.9 Å². The highest BCUT2D eigenvalue weighted by molar-refractivity contribution is 7.92. The Morgan fingerprint density at radius 3 is 2.66 bits per heavy atom. The Hall–Kier alpha value is -2.94. The number of rotatable bonds is 7. The number of para-hydroxylation sites is 2. The number of hydrogen-bond donors (Lipinski definition) is 1. The second-order valence-corrected chi connectivity index (χ2v) is 8.54. The highest BCUT2D eigenvalue weighted by atomic mass is 32.2. The lowest BCUT2D eigenvalue weighted by atomic mass is 10.2. The van der Waals surface area contributed by atoms with Crippen molar-refractivity contribution < 1.29 is 27.4 Å². The molecule has 1 N–H and O–H groups in total. The number of carbonyl (C=O) groups excluding carboxylic acids is 1. The maximum absolute atomic E-state index is 12.7. The summed E-state index contributed by atoms with van der Waals surface area (Å²) in [5.74, 6) is 1.32. The van der Waals surface area contributed by atoms with Gasteiger partial charge in [-0.05, 0) is 31.2 Å². The normalized spacial score (nSPS) is 16.6. The molecule has 29 heavy (non-hydrogen) atoms. The molecule has 0 aromatic heterocycles. The summed E-state index contributed by atoms with van der Waals surface area (Å²) in [4.78, 5) is 12.7. The molecule has 0 aliphatic carbocycles. The summed E-state index contributed by atoms with van der Waals surface area (Å²) in [7, 11) is -2.22. The highest BCUT2D eigenvalue weighted by Crippen LogP contribution is 2.30. The molecule has 0 saturated heterocycles. The Morgan fingerprint density at radius 2 is 1.97 bits per heavy atom. The fourth-order valence-electron chi connectivity index (χ4n) is 3.08. The zero-order chi connectivity index (χ0) is 21.0. The van der Waals surface area contributed by atoms with Gasteiger partial charge in [0.25, 0.3) is 0 Å². The molecular weight excluding hydrogens is 396 g/mol. The third-order valence-corrected chi connectivity index (χ3v) is 5.71. The Morgan fingerprint density at radius 1 is 1.24 bits per heavy atom. The van der Waals surface area contributed by atoms with Crippen LogP contribution in [0.25, 0.3) is 0 Å². The maximum Gasteiger partial charge on any atom is 0.243 e. The van der Waals surface area contributed by atoms with E-state index in [9.17, 15) is 13.2 Å². The molecule has 0 fully saturated rings. The van der Waals surface area contributed by atoms with Crippen LogP contribution in [0.1, 0.15) is 6.92 Å².